The number of hydrogen-bond donors (Lipinski definition) is 1. The van der Waals surface area contributed by atoms with Crippen molar-refractivity contribution >= 4 is 23.6 Å². The van der Waals surface area contributed by atoms with Gasteiger partial charge in [0.05, 0.1) is 0 Å². The van der Waals surface area contributed by atoms with Gasteiger partial charge in [-0.05, 0) is 17.7 Å². The Kier molecular flexibility index (Phi) is 3.44. The lowest BCUT2D eigenvalue weighted by Crippen LogP contribution is -2.13. The van der Waals surface area contributed by atoms with Crippen LogP contribution in [0.2, 0.25) is 5.02 Å². The van der Waals surface area contributed by atoms with Crippen molar-refractivity contribution in [1.82, 2.24) is 5.32 Å². The second kappa shape index (κ2) is 5.39. The van der Waals surface area contributed by atoms with Crippen LogP contribution in [0, 0.1) is 0 Å². The van der Waals surface area contributed by atoms with E-state index in [1.165, 1.54) is 0 Å². The largest absolute Gasteiger partial charge is 0.433 e. The maximum absolute atomic E-state index is 11.9. The molecule has 20 heavy (non-hydrogen) atoms. The van der Waals surface area contributed by atoms with Gasteiger partial charge in [-0.1, -0.05) is 60.1 Å². The highest BCUT2D eigenvalue weighted by atomic mass is 35.5. The number of cyclic esters (lactones) is 1. The summed E-state index contributed by atoms with van der Waals surface area (Å²) in [6, 6.07) is 16.9. The Hall–Kier alpha value is -2.26. The van der Waals surface area contributed by atoms with Gasteiger partial charge in [0, 0.05) is 10.6 Å². The Bertz CT molecular complexity index is 667. The third-order valence-electron chi connectivity index (χ3n) is 3.03. The number of benzene rings is 2. The van der Waals surface area contributed by atoms with Gasteiger partial charge in [0.25, 0.3) is 0 Å². The minimum Gasteiger partial charge on any atom is -0.433 e. The maximum atomic E-state index is 11.9. The summed E-state index contributed by atoms with van der Waals surface area (Å²) in [5, 5.41) is 3.62. The van der Waals surface area contributed by atoms with Crippen molar-refractivity contribution in [3.05, 3.63) is 76.4 Å². The van der Waals surface area contributed by atoms with Crippen molar-refractivity contribution < 1.29 is 9.53 Å². The summed E-state index contributed by atoms with van der Waals surface area (Å²) < 4.78 is 5.31. The van der Waals surface area contributed by atoms with Gasteiger partial charge in [-0.3, -0.25) is 0 Å². The molecule has 0 bridgehead atoms. The molecule has 1 N–H and O–H groups in total. The van der Waals surface area contributed by atoms with Gasteiger partial charge in [-0.2, -0.15) is 0 Å². The molecule has 4 heteroatoms. The zero-order valence-electron chi connectivity index (χ0n) is 10.5. The molecule has 0 radical (unpaired) electrons. The first-order valence-corrected chi connectivity index (χ1v) is 6.60. The quantitative estimate of drug-likeness (QED) is 0.678. The molecule has 3 nitrogen and oxygen atoms in total. The molecule has 0 spiro atoms. The molecule has 1 heterocycles. The monoisotopic (exact) mass is 285 g/mol. The van der Waals surface area contributed by atoms with Crippen LogP contribution in [-0.4, -0.2) is 5.97 Å². The van der Waals surface area contributed by atoms with Gasteiger partial charge in [0.15, 0.2) is 0 Å². The predicted octanol–water partition coefficient (Wildman–Crippen LogP) is 3.53. The number of carbonyl (C=O) groups is 1. The highest BCUT2D eigenvalue weighted by molar-refractivity contribution is 6.31. The van der Waals surface area contributed by atoms with Crippen LogP contribution in [0.15, 0.2) is 60.3 Å². The smallest absolute Gasteiger partial charge is 0.356 e. The SMILES string of the molecule is O=C1O[C@@H](c2ccccc2Cl)N/C1=C/c1ccccc1. The molecule has 1 atom stereocenters. The maximum Gasteiger partial charge on any atom is 0.356 e. The lowest BCUT2D eigenvalue weighted by Gasteiger charge is -2.11. The minimum atomic E-state index is -0.536. The summed E-state index contributed by atoms with van der Waals surface area (Å²) in [6.07, 6.45) is 1.23. The number of rotatable bonds is 2. The molecule has 1 saturated heterocycles. The van der Waals surface area contributed by atoms with Crippen molar-refractivity contribution in [2.45, 2.75) is 6.23 Å². The fraction of sp³-hybridized carbons (Fsp3) is 0.0625. The normalized spacial score (nSPS) is 19.8. The third kappa shape index (κ3) is 2.53. The molecule has 2 aromatic carbocycles. The third-order valence-corrected chi connectivity index (χ3v) is 3.37. The molecule has 2 aromatic rings. The molecule has 1 aliphatic heterocycles. The molecule has 3 rings (SSSR count). The van der Waals surface area contributed by atoms with Crippen LogP contribution >= 0.6 is 11.6 Å². The number of ether oxygens (including phenoxy) is 1. The standard InChI is InChI=1S/C16H12ClNO2/c17-13-9-5-4-8-12(13)15-18-14(16(19)20-15)10-11-6-2-1-3-7-11/h1-10,15,18H/b14-10+/t15-/m0/s1. The van der Waals surface area contributed by atoms with E-state index in [4.69, 9.17) is 16.3 Å². The van der Waals surface area contributed by atoms with Gasteiger partial charge in [0.2, 0.25) is 6.23 Å². The van der Waals surface area contributed by atoms with E-state index in [0.29, 0.717) is 10.7 Å². The highest BCUT2D eigenvalue weighted by Crippen LogP contribution is 2.29. The zero-order valence-corrected chi connectivity index (χ0v) is 11.3. The fourth-order valence-electron chi connectivity index (χ4n) is 2.05. The van der Waals surface area contributed by atoms with Crippen LogP contribution in [-0.2, 0) is 9.53 Å². The number of esters is 1. The fourth-order valence-corrected chi connectivity index (χ4v) is 2.28. The van der Waals surface area contributed by atoms with E-state index in [2.05, 4.69) is 5.32 Å². The number of hydrogen-bond acceptors (Lipinski definition) is 3. The van der Waals surface area contributed by atoms with E-state index in [0.717, 1.165) is 11.1 Å². The van der Waals surface area contributed by atoms with E-state index >= 15 is 0 Å². The van der Waals surface area contributed by atoms with Gasteiger partial charge in [-0.15, -0.1) is 0 Å². The molecule has 0 aliphatic carbocycles. The Morgan fingerprint density at radius 2 is 1.75 bits per heavy atom. The summed E-state index contributed by atoms with van der Waals surface area (Å²) in [5.74, 6) is -0.376. The summed E-state index contributed by atoms with van der Waals surface area (Å²) in [7, 11) is 0. The molecule has 100 valence electrons. The summed E-state index contributed by atoms with van der Waals surface area (Å²) >= 11 is 6.11. The van der Waals surface area contributed by atoms with Gasteiger partial charge >= 0.3 is 5.97 Å². The number of nitrogens with one attached hydrogen (secondary N) is 1. The van der Waals surface area contributed by atoms with Crippen molar-refractivity contribution in [3.8, 4) is 0 Å². The lowest BCUT2D eigenvalue weighted by atomic mass is 10.2. The predicted molar refractivity (Wildman–Crippen MR) is 77.8 cm³/mol. The molecule has 0 aromatic heterocycles. The van der Waals surface area contributed by atoms with Crippen LogP contribution in [0.3, 0.4) is 0 Å². The summed E-state index contributed by atoms with van der Waals surface area (Å²) in [4.78, 5) is 11.9. The highest BCUT2D eigenvalue weighted by Gasteiger charge is 2.30. The van der Waals surface area contributed by atoms with Crippen molar-refractivity contribution in [1.29, 1.82) is 0 Å². The van der Waals surface area contributed by atoms with Crippen molar-refractivity contribution in [2.24, 2.45) is 0 Å². The summed E-state index contributed by atoms with van der Waals surface area (Å²) in [6.45, 7) is 0. The van der Waals surface area contributed by atoms with Gasteiger partial charge in [-0.25, -0.2) is 4.79 Å². The molecule has 1 fully saturated rings. The topological polar surface area (TPSA) is 38.3 Å². The summed E-state index contributed by atoms with van der Waals surface area (Å²) in [5.41, 5.74) is 2.12. The average Bonchev–Trinajstić information content (AvgIpc) is 2.81. The van der Waals surface area contributed by atoms with E-state index in [1.807, 2.05) is 48.5 Å². The first-order chi connectivity index (χ1) is 9.74. The van der Waals surface area contributed by atoms with Crippen LogP contribution in [0.25, 0.3) is 6.08 Å². The minimum absolute atomic E-state index is 0.376. The van der Waals surface area contributed by atoms with E-state index in [1.54, 1.807) is 12.1 Å². The van der Waals surface area contributed by atoms with Crippen LogP contribution in [0.1, 0.15) is 17.4 Å². The average molecular weight is 286 g/mol. The van der Waals surface area contributed by atoms with Crippen LogP contribution in [0.5, 0.6) is 0 Å². The lowest BCUT2D eigenvalue weighted by molar-refractivity contribution is -0.139. The van der Waals surface area contributed by atoms with Crippen molar-refractivity contribution in [2.75, 3.05) is 0 Å². The Labute approximate surface area is 121 Å². The van der Waals surface area contributed by atoms with E-state index < -0.39 is 6.23 Å². The van der Waals surface area contributed by atoms with E-state index in [-0.39, 0.29) is 5.97 Å². The number of halogens is 1. The van der Waals surface area contributed by atoms with Crippen molar-refractivity contribution in [3.63, 3.8) is 0 Å². The van der Waals surface area contributed by atoms with Gasteiger partial charge in [0.1, 0.15) is 5.70 Å². The molecular weight excluding hydrogens is 274 g/mol. The first kappa shape index (κ1) is 12.8. The second-order valence-corrected chi connectivity index (χ2v) is 4.83. The molecule has 0 unspecified atom stereocenters. The Morgan fingerprint density at radius 1 is 1.05 bits per heavy atom. The molecule has 1 aliphatic rings. The molecule has 0 saturated carbocycles. The zero-order chi connectivity index (χ0) is 13.9. The first-order valence-electron chi connectivity index (χ1n) is 6.23. The molecular formula is C16H12ClNO2. The van der Waals surface area contributed by atoms with Crippen LogP contribution in [0.4, 0.5) is 0 Å². The number of carbonyl (C=O) groups excluding carboxylic acids is 1. The Balaban J connectivity index is 1.86. The Morgan fingerprint density at radius 3 is 2.50 bits per heavy atom. The molecule has 0 amide bonds. The van der Waals surface area contributed by atoms with Gasteiger partial charge < -0.3 is 10.1 Å². The second-order valence-electron chi connectivity index (χ2n) is 4.42. The van der Waals surface area contributed by atoms with E-state index in [9.17, 15) is 4.79 Å². The van der Waals surface area contributed by atoms with Crippen LogP contribution < -0.4 is 5.32 Å².